The first kappa shape index (κ1) is 38.9. The van der Waals surface area contributed by atoms with Gasteiger partial charge in [-0.3, -0.25) is 9.05 Å². The molecule has 0 bridgehead atoms. The second kappa shape index (κ2) is 15.4. The van der Waals surface area contributed by atoms with E-state index in [0.717, 1.165) is 60.7 Å². The number of phosphoric ester groups is 1. The molecule has 9 heteroatoms. The highest BCUT2D eigenvalue weighted by atomic mass is 31.2. The highest BCUT2D eigenvalue weighted by Crippen LogP contribution is 2.68. The van der Waals surface area contributed by atoms with Crippen LogP contribution in [0.25, 0.3) is 0 Å². The topological polar surface area (TPSA) is 112 Å². The Morgan fingerprint density at radius 2 is 1.60 bits per heavy atom. The molecule has 2 N–H and O–H groups in total. The Hall–Kier alpha value is -0.500. The largest absolute Gasteiger partial charge is 0.870 e. The Labute approximate surface area is 275 Å². The molecular weight excluding hydrogens is 589 g/mol. The van der Waals surface area contributed by atoms with Crippen LogP contribution in [-0.2, 0) is 23.1 Å². The van der Waals surface area contributed by atoms with Crippen molar-refractivity contribution in [3.05, 3.63) is 0 Å². The molecule has 0 aromatic carbocycles. The summed E-state index contributed by atoms with van der Waals surface area (Å²) in [7, 11) is 1.63. The zero-order valence-electron chi connectivity index (χ0n) is 30.1. The Morgan fingerprint density at radius 1 is 0.933 bits per heavy atom. The molecule has 264 valence electrons. The van der Waals surface area contributed by atoms with Crippen LogP contribution in [0.4, 0.5) is 0 Å². The lowest BCUT2D eigenvalue weighted by molar-refractivity contribution is -0.870. The van der Waals surface area contributed by atoms with Gasteiger partial charge in [-0.05, 0) is 122 Å². The number of hydrogen-bond acceptors (Lipinski definition) is 6. The minimum atomic E-state index is -4.29. The van der Waals surface area contributed by atoms with Gasteiger partial charge in [0.05, 0.1) is 21.1 Å². The van der Waals surface area contributed by atoms with Crippen LogP contribution in [0.3, 0.4) is 0 Å². The van der Waals surface area contributed by atoms with Crippen LogP contribution in [0.1, 0.15) is 119 Å². The number of quaternary nitrogens is 1. The van der Waals surface area contributed by atoms with E-state index in [0.29, 0.717) is 27.8 Å². The number of phosphoric acid groups is 1. The molecule has 0 aromatic heterocycles. The minimum Gasteiger partial charge on any atom is -0.870 e. The summed E-state index contributed by atoms with van der Waals surface area (Å²) in [6.07, 6.45) is 14.9. The van der Waals surface area contributed by atoms with Gasteiger partial charge in [-0.15, -0.1) is 0 Å². The number of carbonyl (C=O) groups is 1. The summed E-state index contributed by atoms with van der Waals surface area (Å²) in [6.45, 7) is 15.0. The summed E-state index contributed by atoms with van der Waals surface area (Å²) in [5.41, 5.74) is 0.816. The standard InChI is InChI=1S/C36H66NO6P.H2O/c1-10-27(25(2)3)12-11-26(4)31-15-16-32-30-14-13-28-23-29(17-19-35(28,5)33(30)18-20-36(31,32)6)43-34(38)24-42-44(39,40)41-22-21-37(7,8)9;/h25-33H,10-24H2,1-9H3;1H2/t26-,27-,28?,29+,30?,31-,32?,33?,35+,36-;/m1./s1. The number of rotatable bonds is 14. The highest BCUT2D eigenvalue weighted by Gasteiger charge is 2.60. The van der Waals surface area contributed by atoms with Crippen molar-refractivity contribution in [3.8, 4) is 0 Å². The molecule has 4 aliphatic rings. The molecular formula is C36H68NO7P. The van der Waals surface area contributed by atoms with Crippen molar-refractivity contribution in [1.82, 2.24) is 0 Å². The maximum atomic E-state index is 12.6. The first-order chi connectivity index (χ1) is 20.5. The van der Waals surface area contributed by atoms with Crippen LogP contribution in [0.2, 0.25) is 0 Å². The second-order valence-electron chi connectivity index (χ2n) is 17.3. The molecule has 8 nitrogen and oxygen atoms in total. The maximum Gasteiger partial charge on any atom is 0.472 e. The van der Waals surface area contributed by atoms with E-state index in [1.54, 1.807) is 0 Å². The SMILES string of the molecule is CC[C@H](CC[C@@H](C)[C@H]1CCC2C3CCC4C[C@@H](OC(=O)COP(=O)(O)OCC[N+](C)(C)C)CC[C@]4(C)C3CC[C@@]21C)C(C)C.[OH-]. The van der Waals surface area contributed by atoms with Gasteiger partial charge in [0.2, 0.25) is 0 Å². The number of carbonyl (C=O) groups excluding carboxylic acids is 1. The summed E-state index contributed by atoms with van der Waals surface area (Å²) >= 11 is 0. The summed E-state index contributed by atoms with van der Waals surface area (Å²) in [6, 6.07) is 0. The van der Waals surface area contributed by atoms with Gasteiger partial charge in [0, 0.05) is 0 Å². The summed E-state index contributed by atoms with van der Waals surface area (Å²) in [5.74, 6) is 5.84. The predicted octanol–water partition coefficient (Wildman–Crippen LogP) is 8.32. The first-order valence-electron chi connectivity index (χ1n) is 18.1. The number of hydrogen-bond donors (Lipinski definition) is 1. The average Bonchev–Trinajstić information content (AvgIpc) is 3.29. The molecule has 4 saturated carbocycles. The van der Waals surface area contributed by atoms with Crippen molar-refractivity contribution in [2.24, 2.45) is 58.2 Å². The third kappa shape index (κ3) is 9.15. The fourth-order valence-electron chi connectivity index (χ4n) is 10.8. The summed E-state index contributed by atoms with van der Waals surface area (Å²) in [5, 5.41) is 0. The van der Waals surface area contributed by atoms with Gasteiger partial charge in [-0.2, -0.15) is 0 Å². The van der Waals surface area contributed by atoms with Crippen molar-refractivity contribution < 1.29 is 38.0 Å². The predicted molar refractivity (Wildman–Crippen MR) is 179 cm³/mol. The van der Waals surface area contributed by atoms with Gasteiger partial charge in [0.15, 0.2) is 6.61 Å². The molecule has 4 aliphatic carbocycles. The quantitative estimate of drug-likeness (QED) is 0.114. The molecule has 4 rings (SSSR count). The zero-order chi connectivity index (χ0) is 32.5. The fraction of sp³-hybridized carbons (Fsp3) is 0.972. The maximum absolute atomic E-state index is 12.6. The lowest BCUT2D eigenvalue weighted by atomic mass is 9.44. The Morgan fingerprint density at radius 3 is 2.24 bits per heavy atom. The lowest BCUT2D eigenvalue weighted by Crippen LogP contribution is -2.54. The normalized spacial score (nSPS) is 37.4. The van der Waals surface area contributed by atoms with Crippen LogP contribution in [0.15, 0.2) is 0 Å². The molecule has 11 atom stereocenters. The number of fused-ring (bicyclic) bond motifs is 5. The van der Waals surface area contributed by atoms with Crippen molar-refractivity contribution >= 4 is 13.8 Å². The number of likely N-dealkylation sites (N-methyl/N-ethyl adjacent to an activating group) is 1. The van der Waals surface area contributed by atoms with Gasteiger partial charge in [-0.1, -0.05) is 54.4 Å². The van der Waals surface area contributed by atoms with Crippen molar-refractivity contribution in [2.75, 3.05) is 40.9 Å². The molecule has 0 spiro atoms. The summed E-state index contributed by atoms with van der Waals surface area (Å²) in [4.78, 5) is 22.6. The van der Waals surface area contributed by atoms with E-state index in [4.69, 9.17) is 13.8 Å². The molecule has 0 radical (unpaired) electrons. The van der Waals surface area contributed by atoms with Gasteiger partial charge in [-0.25, -0.2) is 9.36 Å². The Bertz CT molecular complexity index is 1020. The van der Waals surface area contributed by atoms with Gasteiger partial charge in [0.1, 0.15) is 19.3 Å². The van der Waals surface area contributed by atoms with Crippen molar-refractivity contribution in [3.63, 3.8) is 0 Å². The molecule has 0 aromatic rings. The third-order valence-electron chi connectivity index (χ3n) is 13.5. The van der Waals surface area contributed by atoms with E-state index < -0.39 is 20.4 Å². The van der Waals surface area contributed by atoms with Crippen molar-refractivity contribution in [1.29, 1.82) is 0 Å². The first-order valence-corrected chi connectivity index (χ1v) is 19.6. The van der Waals surface area contributed by atoms with Gasteiger partial charge < -0.3 is 19.6 Å². The van der Waals surface area contributed by atoms with Crippen LogP contribution in [-0.4, -0.2) is 67.8 Å². The van der Waals surface area contributed by atoms with Gasteiger partial charge >= 0.3 is 13.8 Å². The van der Waals surface area contributed by atoms with E-state index in [1.807, 2.05) is 21.1 Å². The van der Waals surface area contributed by atoms with Crippen LogP contribution >= 0.6 is 7.82 Å². The molecule has 4 fully saturated rings. The van der Waals surface area contributed by atoms with Crippen molar-refractivity contribution in [2.45, 2.75) is 125 Å². The molecule has 0 amide bonds. The van der Waals surface area contributed by atoms with E-state index in [-0.39, 0.29) is 18.2 Å². The van der Waals surface area contributed by atoms with E-state index in [1.165, 1.54) is 57.8 Å². The van der Waals surface area contributed by atoms with Crippen LogP contribution in [0, 0.1) is 58.2 Å². The molecule has 0 aliphatic heterocycles. The van der Waals surface area contributed by atoms with E-state index in [2.05, 4.69) is 41.5 Å². The van der Waals surface area contributed by atoms with Gasteiger partial charge in [0.25, 0.3) is 0 Å². The molecule has 0 heterocycles. The molecule has 5 unspecified atom stereocenters. The summed E-state index contributed by atoms with van der Waals surface area (Å²) < 4.78 is 28.6. The Kier molecular flexibility index (Phi) is 13.3. The number of esters is 1. The smallest absolute Gasteiger partial charge is 0.472 e. The Balaban J connectivity index is 0.00000552. The highest BCUT2D eigenvalue weighted by molar-refractivity contribution is 7.47. The third-order valence-corrected chi connectivity index (χ3v) is 14.5. The fourth-order valence-corrected chi connectivity index (χ4v) is 11.5. The van der Waals surface area contributed by atoms with Crippen LogP contribution < -0.4 is 0 Å². The van der Waals surface area contributed by atoms with E-state index in [9.17, 15) is 14.3 Å². The second-order valence-corrected chi connectivity index (χ2v) is 18.8. The van der Waals surface area contributed by atoms with Crippen LogP contribution in [0.5, 0.6) is 0 Å². The van der Waals surface area contributed by atoms with E-state index >= 15 is 0 Å². The zero-order valence-corrected chi connectivity index (χ0v) is 31.0. The minimum absolute atomic E-state index is 0. The number of ether oxygens (including phenoxy) is 1. The molecule has 0 saturated heterocycles. The number of nitrogens with zero attached hydrogens (tertiary/aromatic N) is 1. The molecule has 45 heavy (non-hydrogen) atoms. The average molecular weight is 658 g/mol. The lowest BCUT2D eigenvalue weighted by Gasteiger charge is -2.61. The monoisotopic (exact) mass is 657 g/mol.